The number of halogens is 1. The Labute approximate surface area is 190 Å². The van der Waals surface area contributed by atoms with E-state index < -0.39 is 10.0 Å². The van der Waals surface area contributed by atoms with E-state index >= 15 is 0 Å². The quantitative estimate of drug-likeness (QED) is 0.344. The molecule has 158 valence electrons. The molecule has 1 unspecified atom stereocenters. The minimum atomic E-state index is -3.25. The number of likely N-dealkylation sites (tertiary alicyclic amines) is 1. The van der Waals surface area contributed by atoms with E-state index in [1.54, 1.807) is 0 Å². The Hall–Kier alpha value is -1.65. The first-order chi connectivity index (χ1) is 13.5. The third kappa shape index (κ3) is 6.68. The molecule has 2 N–H and O–H groups in total. The van der Waals surface area contributed by atoms with Crippen LogP contribution in [0.5, 0.6) is 0 Å². The second kappa shape index (κ2) is 10.9. The fourth-order valence-corrected chi connectivity index (χ4v) is 4.28. The van der Waals surface area contributed by atoms with Gasteiger partial charge in [0.15, 0.2) is 5.96 Å². The molecule has 29 heavy (non-hydrogen) atoms. The lowest BCUT2D eigenvalue weighted by Crippen LogP contribution is -2.39. The predicted octanol–water partition coefficient (Wildman–Crippen LogP) is 2.92. The van der Waals surface area contributed by atoms with Gasteiger partial charge in [0, 0.05) is 32.6 Å². The van der Waals surface area contributed by atoms with Gasteiger partial charge in [-0.3, -0.25) is 4.99 Å². The Kier molecular flexibility index (Phi) is 8.91. The summed E-state index contributed by atoms with van der Waals surface area (Å²) in [5.41, 5.74) is 3.24. The molecule has 0 amide bonds. The van der Waals surface area contributed by atoms with Crippen LogP contribution < -0.4 is 10.0 Å². The smallest absolute Gasteiger partial charge is 0.215 e. The molecular formula is C21H29IN4O2S. The van der Waals surface area contributed by atoms with Crippen LogP contribution >= 0.6 is 24.0 Å². The van der Waals surface area contributed by atoms with Gasteiger partial charge in [-0.25, -0.2) is 13.1 Å². The highest BCUT2D eigenvalue weighted by Crippen LogP contribution is 2.26. The summed E-state index contributed by atoms with van der Waals surface area (Å²) in [4.78, 5) is 6.73. The van der Waals surface area contributed by atoms with Crippen molar-refractivity contribution in [3.8, 4) is 0 Å². The maximum atomic E-state index is 11.6. The molecule has 0 aliphatic carbocycles. The van der Waals surface area contributed by atoms with Gasteiger partial charge in [0.05, 0.1) is 5.75 Å². The van der Waals surface area contributed by atoms with Gasteiger partial charge in [0.2, 0.25) is 10.0 Å². The molecule has 0 aromatic heterocycles. The molecular weight excluding hydrogens is 499 g/mol. The monoisotopic (exact) mass is 528 g/mol. The number of nitrogens with one attached hydrogen (secondary N) is 2. The first-order valence-electron chi connectivity index (χ1n) is 9.50. The van der Waals surface area contributed by atoms with Crippen molar-refractivity contribution in [3.05, 3.63) is 71.3 Å². The van der Waals surface area contributed by atoms with E-state index in [2.05, 4.69) is 50.3 Å². The van der Waals surface area contributed by atoms with Crippen LogP contribution in [0.25, 0.3) is 0 Å². The molecule has 1 heterocycles. The molecule has 0 spiro atoms. The van der Waals surface area contributed by atoms with Crippen LogP contribution in [0, 0.1) is 0 Å². The van der Waals surface area contributed by atoms with E-state index in [4.69, 9.17) is 0 Å². The standard InChI is InChI=1S/C21H28N4O2S.HI/c1-22-21(25-13-12-20(15-25)19-6-4-3-5-7-19)24-14-17-8-10-18(11-9-17)16-28(26,27)23-2;/h3-11,20,23H,12-16H2,1-2H3,(H,22,24);1H. The molecule has 8 heteroatoms. The summed E-state index contributed by atoms with van der Waals surface area (Å²) in [7, 11) is -0.00585. The summed E-state index contributed by atoms with van der Waals surface area (Å²) in [6.07, 6.45) is 1.12. The Morgan fingerprint density at radius 2 is 1.76 bits per heavy atom. The van der Waals surface area contributed by atoms with Gasteiger partial charge in [0.1, 0.15) is 0 Å². The number of hydrogen-bond acceptors (Lipinski definition) is 3. The molecule has 2 aromatic rings. The van der Waals surface area contributed by atoms with Gasteiger partial charge in [-0.05, 0) is 30.2 Å². The van der Waals surface area contributed by atoms with Crippen LogP contribution in [0.2, 0.25) is 0 Å². The Bertz CT molecular complexity index is 902. The molecule has 6 nitrogen and oxygen atoms in total. The van der Waals surface area contributed by atoms with Crippen molar-refractivity contribution in [2.45, 2.75) is 24.6 Å². The van der Waals surface area contributed by atoms with Gasteiger partial charge in [-0.2, -0.15) is 0 Å². The van der Waals surface area contributed by atoms with E-state index in [9.17, 15) is 8.42 Å². The summed E-state index contributed by atoms with van der Waals surface area (Å²) >= 11 is 0. The average molecular weight is 528 g/mol. The van der Waals surface area contributed by atoms with Crippen molar-refractivity contribution >= 4 is 40.0 Å². The maximum absolute atomic E-state index is 11.6. The highest BCUT2D eigenvalue weighted by Gasteiger charge is 2.25. The predicted molar refractivity (Wildman–Crippen MR) is 129 cm³/mol. The lowest BCUT2D eigenvalue weighted by Gasteiger charge is -2.22. The number of rotatable bonds is 6. The van der Waals surface area contributed by atoms with Gasteiger partial charge in [-0.1, -0.05) is 54.6 Å². The first kappa shape index (κ1) is 23.6. The van der Waals surface area contributed by atoms with Crippen LogP contribution in [0.15, 0.2) is 59.6 Å². The van der Waals surface area contributed by atoms with Crippen molar-refractivity contribution < 1.29 is 8.42 Å². The number of hydrogen-bond donors (Lipinski definition) is 2. The van der Waals surface area contributed by atoms with E-state index in [-0.39, 0.29) is 29.7 Å². The van der Waals surface area contributed by atoms with Crippen LogP contribution in [0.4, 0.5) is 0 Å². The topological polar surface area (TPSA) is 73.8 Å². The molecule has 1 saturated heterocycles. The first-order valence-corrected chi connectivity index (χ1v) is 11.2. The van der Waals surface area contributed by atoms with Crippen LogP contribution in [0.1, 0.15) is 29.0 Å². The third-order valence-corrected chi connectivity index (χ3v) is 6.45. The minimum absolute atomic E-state index is 0. The second-order valence-corrected chi connectivity index (χ2v) is 8.95. The summed E-state index contributed by atoms with van der Waals surface area (Å²) in [5.74, 6) is 1.43. The molecule has 1 fully saturated rings. The van der Waals surface area contributed by atoms with E-state index in [1.165, 1.54) is 12.6 Å². The second-order valence-electron chi connectivity index (χ2n) is 7.02. The van der Waals surface area contributed by atoms with Crippen molar-refractivity contribution in [2.24, 2.45) is 4.99 Å². The van der Waals surface area contributed by atoms with Gasteiger partial charge >= 0.3 is 0 Å². The zero-order valence-electron chi connectivity index (χ0n) is 16.8. The van der Waals surface area contributed by atoms with Gasteiger partial charge in [0.25, 0.3) is 0 Å². The largest absolute Gasteiger partial charge is 0.352 e. The maximum Gasteiger partial charge on any atom is 0.215 e. The molecule has 1 aliphatic heterocycles. The lowest BCUT2D eigenvalue weighted by molar-refractivity contribution is 0.486. The van der Waals surface area contributed by atoms with Crippen LogP contribution in [0.3, 0.4) is 0 Å². The fourth-order valence-electron chi connectivity index (χ4n) is 3.51. The van der Waals surface area contributed by atoms with Crippen molar-refractivity contribution in [1.82, 2.24) is 14.9 Å². The molecule has 3 rings (SSSR count). The number of nitrogens with zero attached hydrogens (tertiary/aromatic N) is 2. The molecule has 0 bridgehead atoms. The highest BCUT2D eigenvalue weighted by atomic mass is 127. The van der Waals surface area contributed by atoms with Gasteiger partial charge < -0.3 is 10.2 Å². The van der Waals surface area contributed by atoms with Crippen LogP contribution in [-0.2, 0) is 22.3 Å². The number of guanidine groups is 1. The van der Waals surface area contributed by atoms with E-state index in [1.807, 2.05) is 31.3 Å². The Morgan fingerprint density at radius 1 is 1.10 bits per heavy atom. The summed E-state index contributed by atoms with van der Waals surface area (Å²) < 4.78 is 25.6. The lowest BCUT2D eigenvalue weighted by atomic mass is 9.99. The Morgan fingerprint density at radius 3 is 2.38 bits per heavy atom. The van der Waals surface area contributed by atoms with Crippen LogP contribution in [-0.4, -0.2) is 46.5 Å². The van der Waals surface area contributed by atoms with E-state index in [0.29, 0.717) is 12.5 Å². The van der Waals surface area contributed by atoms with E-state index in [0.717, 1.165) is 36.6 Å². The zero-order chi connectivity index (χ0) is 20.0. The summed E-state index contributed by atoms with van der Waals surface area (Å²) in [6, 6.07) is 18.3. The number of aliphatic imine (C=N–C) groups is 1. The fraction of sp³-hybridized carbons (Fsp3) is 0.381. The average Bonchev–Trinajstić information content (AvgIpc) is 3.20. The van der Waals surface area contributed by atoms with Crippen molar-refractivity contribution in [1.29, 1.82) is 0 Å². The molecule has 1 aliphatic rings. The highest BCUT2D eigenvalue weighted by molar-refractivity contribution is 14.0. The minimum Gasteiger partial charge on any atom is -0.352 e. The molecule has 1 atom stereocenters. The normalized spacial score (nSPS) is 17.1. The molecule has 0 saturated carbocycles. The molecule has 0 radical (unpaired) electrons. The number of sulfonamides is 1. The van der Waals surface area contributed by atoms with Crippen molar-refractivity contribution in [2.75, 3.05) is 27.2 Å². The SMILES string of the molecule is CN=C(NCc1ccc(CS(=O)(=O)NC)cc1)N1CCC(c2ccccc2)C1.I. The summed E-state index contributed by atoms with van der Waals surface area (Å²) in [6.45, 7) is 2.60. The zero-order valence-corrected chi connectivity index (χ0v) is 20.0. The Balaban J connectivity index is 0.00000300. The summed E-state index contributed by atoms with van der Waals surface area (Å²) in [5, 5.41) is 3.42. The van der Waals surface area contributed by atoms with Gasteiger partial charge in [-0.15, -0.1) is 24.0 Å². The number of benzene rings is 2. The van der Waals surface area contributed by atoms with Crippen molar-refractivity contribution in [3.63, 3.8) is 0 Å². The third-order valence-electron chi connectivity index (χ3n) is 5.11. The molecule has 2 aromatic carbocycles.